The summed E-state index contributed by atoms with van der Waals surface area (Å²) in [6.45, 7) is 7.67. The van der Waals surface area contributed by atoms with Crippen LogP contribution in [-0.4, -0.2) is 26.9 Å². The number of hydrogen-bond acceptors (Lipinski definition) is 6. The third-order valence-corrected chi connectivity index (χ3v) is 5.20. The summed E-state index contributed by atoms with van der Waals surface area (Å²) in [6.07, 6.45) is 0. The number of carbonyl (C=O) groups excluding carboxylic acids is 1. The number of rotatable bonds is 6. The second-order valence-corrected chi connectivity index (χ2v) is 7.76. The Kier molecular flexibility index (Phi) is 5.55. The molecule has 3 rings (SSSR count). The molecule has 1 atom stereocenters. The number of hydrogen-bond donors (Lipinski definition) is 1. The largest absolute Gasteiger partial charge is 0.356 e. The second-order valence-electron chi connectivity index (χ2n) is 6.81. The van der Waals surface area contributed by atoms with Crippen LogP contribution in [0.25, 0.3) is 21.9 Å². The molecule has 8 heteroatoms. The number of aromatic nitrogens is 3. The monoisotopic (exact) mass is 386 g/mol. The second kappa shape index (κ2) is 7.87. The lowest BCUT2D eigenvalue weighted by Crippen LogP contribution is -2.40. The Bertz CT molecular complexity index is 989. The van der Waals surface area contributed by atoms with E-state index in [9.17, 15) is 9.59 Å². The van der Waals surface area contributed by atoms with Gasteiger partial charge in [-0.2, -0.15) is 5.10 Å². The summed E-state index contributed by atoms with van der Waals surface area (Å²) in [4.78, 5) is 25.7. The summed E-state index contributed by atoms with van der Waals surface area (Å²) >= 11 is 1.50. The summed E-state index contributed by atoms with van der Waals surface area (Å²) in [5.41, 5.74) is 1.50. The maximum atomic E-state index is 12.6. The maximum absolute atomic E-state index is 12.6. The van der Waals surface area contributed by atoms with Gasteiger partial charge in [0.15, 0.2) is 5.76 Å². The minimum Gasteiger partial charge on any atom is -0.356 e. The average Bonchev–Trinajstić information content (AvgIpc) is 3.27. The Balaban J connectivity index is 1.98. The molecule has 0 aliphatic heterocycles. The molecule has 7 nitrogen and oxygen atoms in total. The first-order valence-electron chi connectivity index (χ1n) is 8.74. The Morgan fingerprint density at radius 3 is 2.70 bits per heavy atom. The van der Waals surface area contributed by atoms with Crippen molar-refractivity contribution < 1.29 is 9.32 Å². The van der Waals surface area contributed by atoms with Crippen LogP contribution in [0.4, 0.5) is 0 Å². The van der Waals surface area contributed by atoms with Crippen molar-refractivity contribution in [2.75, 3.05) is 0 Å². The van der Waals surface area contributed by atoms with E-state index in [0.29, 0.717) is 28.6 Å². The van der Waals surface area contributed by atoms with Crippen molar-refractivity contribution in [3.8, 4) is 21.9 Å². The first-order chi connectivity index (χ1) is 12.8. The summed E-state index contributed by atoms with van der Waals surface area (Å²) in [5.74, 6) is 0.536. The van der Waals surface area contributed by atoms with Gasteiger partial charge < -0.3 is 9.84 Å². The summed E-state index contributed by atoms with van der Waals surface area (Å²) in [7, 11) is 0. The Labute approximate surface area is 161 Å². The van der Waals surface area contributed by atoms with Crippen LogP contribution in [0.1, 0.15) is 26.5 Å². The van der Waals surface area contributed by atoms with Crippen LogP contribution in [-0.2, 0) is 11.3 Å². The molecule has 142 valence electrons. The molecule has 3 heterocycles. The van der Waals surface area contributed by atoms with Gasteiger partial charge in [0.25, 0.3) is 5.56 Å². The number of amides is 1. The normalized spacial score (nSPS) is 12.3. The number of aryl methyl sites for hydroxylation is 1. The molecule has 1 amide bonds. The van der Waals surface area contributed by atoms with E-state index >= 15 is 0 Å². The Morgan fingerprint density at radius 2 is 2.11 bits per heavy atom. The molecule has 27 heavy (non-hydrogen) atoms. The van der Waals surface area contributed by atoms with Crippen molar-refractivity contribution >= 4 is 17.2 Å². The predicted octanol–water partition coefficient (Wildman–Crippen LogP) is 3.10. The molecule has 0 spiro atoms. The third kappa shape index (κ3) is 4.33. The van der Waals surface area contributed by atoms with Crippen LogP contribution < -0.4 is 10.9 Å². The fourth-order valence-electron chi connectivity index (χ4n) is 2.48. The standard InChI is InChI=1S/C19H22N4O3S/c1-11(2)13(4)20-17(24)10-23-18(25)9-14(15-8-12(3)22-26-15)19(21-23)16-6-5-7-27-16/h5-9,11,13H,10H2,1-4H3,(H,20,24). The molecule has 1 unspecified atom stereocenters. The van der Waals surface area contributed by atoms with Crippen molar-refractivity contribution in [2.45, 2.75) is 40.3 Å². The highest BCUT2D eigenvalue weighted by Gasteiger charge is 2.19. The molecular weight excluding hydrogens is 364 g/mol. The lowest BCUT2D eigenvalue weighted by atomic mass is 10.1. The number of nitrogens with one attached hydrogen (secondary N) is 1. The van der Waals surface area contributed by atoms with Crippen LogP contribution >= 0.6 is 11.3 Å². The molecular formula is C19H22N4O3S. The first-order valence-corrected chi connectivity index (χ1v) is 9.62. The van der Waals surface area contributed by atoms with Gasteiger partial charge in [-0.15, -0.1) is 11.3 Å². The van der Waals surface area contributed by atoms with Crippen molar-refractivity contribution in [1.29, 1.82) is 0 Å². The van der Waals surface area contributed by atoms with E-state index < -0.39 is 0 Å². The van der Waals surface area contributed by atoms with Gasteiger partial charge in [0.2, 0.25) is 5.91 Å². The summed E-state index contributed by atoms with van der Waals surface area (Å²) in [6, 6.07) is 7.04. The fourth-order valence-corrected chi connectivity index (χ4v) is 3.20. The highest BCUT2D eigenvalue weighted by molar-refractivity contribution is 7.13. The molecule has 3 aromatic heterocycles. The molecule has 0 radical (unpaired) electrons. The average molecular weight is 386 g/mol. The van der Waals surface area contributed by atoms with E-state index in [1.165, 1.54) is 22.1 Å². The molecule has 0 saturated carbocycles. The van der Waals surface area contributed by atoms with Crippen molar-refractivity contribution in [2.24, 2.45) is 5.92 Å². The van der Waals surface area contributed by atoms with Crippen LogP contribution in [0.2, 0.25) is 0 Å². The Morgan fingerprint density at radius 1 is 1.33 bits per heavy atom. The van der Waals surface area contributed by atoms with E-state index in [1.54, 1.807) is 6.07 Å². The highest BCUT2D eigenvalue weighted by atomic mass is 32.1. The van der Waals surface area contributed by atoms with Gasteiger partial charge in [0.1, 0.15) is 12.2 Å². The smallest absolute Gasteiger partial charge is 0.268 e. The number of nitrogens with zero attached hydrogens (tertiary/aromatic N) is 3. The molecule has 0 fully saturated rings. The predicted molar refractivity (Wildman–Crippen MR) is 104 cm³/mol. The van der Waals surface area contributed by atoms with Crippen LogP contribution in [0.15, 0.2) is 39.0 Å². The van der Waals surface area contributed by atoms with Gasteiger partial charge in [0.05, 0.1) is 16.1 Å². The van der Waals surface area contributed by atoms with E-state index in [2.05, 4.69) is 15.6 Å². The summed E-state index contributed by atoms with van der Waals surface area (Å²) in [5, 5.41) is 13.2. The third-order valence-electron chi connectivity index (χ3n) is 4.33. The van der Waals surface area contributed by atoms with Gasteiger partial charge in [-0.1, -0.05) is 25.1 Å². The molecule has 1 N–H and O–H groups in total. The lowest BCUT2D eigenvalue weighted by Gasteiger charge is -2.17. The van der Waals surface area contributed by atoms with Crippen LogP contribution in [0.3, 0.4) is 0 Å². The summed E-state index contributed by atoms with van der Waals surface area (Å²) < 4.78 is 6.52. The molecule has 0 aliphatic carbocycles. The van der Waals surface area contributed by atoms with Gasteiger partial charge in [0, 0.05) is 18.2 Å². The molecule has 3 aromatic rings. The zero-order valence-corrected chi connectivity index (χ0v) is 16.5. The van der Waals surface area contributed by atoms with Crippen LogP contribution in [0, 0.1) is 12.8 Å². The van der Waals surface area contributed by atoms with E-state index in [-0.39, 0.29) is 24.1 Å². The molecule has 0 bridgehead atoms. The highest BCUT2D eigenvalue weighted by Crippen LogP contribution is 2.32. The van der Waals surface area contributed by atoms with Crippen molar-refractivity contribution in [3.05, 3.63) is 45.7 Å². The molecule has 0 saturated heterocycles. The quantitative estimate of drug-likeness (QED) is 0.703. The van der Waals surface area contributed by atoms with Gasteiger partial charge in [-0.25, -0.2) is 4.68 Å². The van der Waals surface area contributed by atoms with Gasteiger partial charge >= 0.3 is 0 Å². The minimum atomic E-state index is -0.369. The van der Waals surface area contributed by atoms with Crippen molar-refractivity contribution in [1.82, 2.24) is 20.3 Å². The molecule has 0 aliphatic rings. The minimum absolute atomic E-state index is 0.0152. The SMILES string of the molecule is Cc1cc(-c2cc(=O)n(CC(=O)NC(C)C(C)C)nc2-c2cccs2)on1. The Hall–Kier alpha value is -2.74. The van der Waals surface area contributed by atoms with Gasteiger partial charge in [-0.3, -0.25) is 9.59 Å². The van der Waals surface area contributed by atoms with Gasteiger partial charge in [-0.05, 0) is 31.2 Å². The number of thiophene rings is 1. The lowest BCUT2D eigenvalue weighted by molar-refractivity contribution is -0.122. The van der Waals surface area contributed by atoms with Crippen LogP contribution in [0.5, 0.6) is 0 Å². The maximum Gasteiger partial charge on any atom is 0.268 e. The van der Waals surface area contributed by atoms with E-state index in [0.717, 1.165) is 4.88 Å². The van der Waals surface area contributed by atoms with Crippen molar-refractivity contribution in [3.63, 3.8) is 0 Å². The topological polar surface area (TPSA) is 90.0 Å². The first kappa shape index (κ1) is 19.0. The van der Waals surface area contributed by atoms with E-state index in [4.69, 9.17) is 4.52 Å². The molecule has 0 aromatic carbocycles. The zero-order valence-electron chi connectivity index (χ0n) is 15.7. The fraction of sp³-hybridized carbons (Fsp3) is 0.368. The van der Waals surface area contributed by atoms with E-state index in [1.807, 2.05) is 45.2 Å². The number of carbonyl (C=O) groups is 1. The zero-order chi connectivity index (χ0) is 19.6.